The van der Waals surface area contributed by atoms with Gasteiger partial charge in [0.2, 0.25) is 0 Å². The van der Waals surface area contributed by atoms with Gasteiger partial charge in [0.25, 0.3) is 0 Å². The predicted octanol–water partition coefficient (Wildman–Crippen LogP) is 4.37. The van der Waals surface area contributed by atoms with Crippen molar-refractivity contribution < 1.29 is 4.39 Å². The Bertz CT molecular complexity index is 565. The lowest BCUT2D eigenvalue weighted by Gasteiger charge is -2.11. The lowest BCUT2D eigenvalue weighted by molar-refractivity contribution is 0.628. The molecule has 0 amide bonds. The fraction of sp³-hybridized carbons (Fsp3) is 0.286. The molecule has 0 radical (unpaired) electrons. The van der Waals surface area contributed by atoms with Gasteiger partial charge in [-0.05, 0) is 31.2 Å². The van der Waals surface area contributed by atoms with Crippen LogP contribution in [0, 0.1) is 12.7 Å². The first kappa shape index (κ1) is 13.0. The zero-order valence-electron chi connectivity index (χ0n) is 10.5. The standard InChI is InChI=1S/C14H14ClFN2/c1-8(2)14-17-12(9(3)13(15)18-14)10-4-6-11(16)7-5-10/h4-8H,1-3H3. The van der Waals surface area contributed by atoms with E-state index in [1.165, 1.54) is 12.1 Å². The van der Waals surface area contributed by atoms with Gasteiger partial charge in [-0.2, -0.15) is 0 Å². The van der Waals surface area contributed by atoms with Crippen LogP contribution in [-0.4, -0.2) is 9.97 Å². The Morgan fingerprint density at radius 1 is 1.11 bits per heavy atom. The van der Waals surface area contributed by atoms with Crippen LogP contribution in [0.1, 0.15) is 31.2 Å². The number of hydrogen-bond donors (Lipinski definition) is 0. The molecule has 0 unspecified atom stereocenters. The summed E-state index contributed by atoms with van der Waals surface area (Å²) < 4.78 is 12.9. The normalized spacial score (nSPS) is 11.0. The number of halogens is 2. The van der Waals surface area contributed by atoms with Crippen LogP contribution in [0.3, 0.4) is 0 Å². The number of rotatable bonds is 2. The summed E-state index contributed by atoms with van der Waals surface area (Å²) >= 11 is 6.12. The minimum Gasteiger partial charge on any atom is -0.232 e. The van der Waals surface area contributed by atoms with Crippen molar-refractivity contribution in [2.75, 3.05) is 0 Å². The topological polar surface area (TPSA) is 25.8 Å². The van der Waals surface area contributed by atoms with E-state index in [0.717, 1.165) is 16.8 Å². The predicted molar refractivity (Wildman–Crippen MR) is 71.3 cm³/mol. The summed E-state index contributed by atoms with van der Waals surface area (Å²) in [6, 6.07) is 6.23. The Hall–Kier alpha value is -1.48. The van der Waals surface area contributed by atoms with Gasteiger partial charge in [0.15, 0.2) is 0 Å². The molecule has 0 atom stereocenters. The Balaban J connectivity index is 2.59. The van der Waals surface area contributed by atoms with E-state index in [2.05, 4.69) is 9.97 Å². The van der Waals surface area contributed by atoms with Crippen molar-refractivity contribution in [3.8, 4) is 11.3 Å². The van der Waals surface area contributed by atoms with Gasteiger partial charge < -0.3 is 0 Å². The van der Waals surface area contributed by atoms with E-state index in [1.807, 2.05) is 20.8 Å². The molecular formula is C14H14ClFN2. The van der Waals surface area contributed by atoms with Crippen LogP contribution in [0.2, 0.25) is 5.15 Å². The molecule has 2 rings (SSSR count). The van der Waals surface area contributed by atoms with Crippen LogP contribution in [0.15, 0.2) is 24.3 Å². The number of nitrogens with zero attached hydrogens (tertiary/aromatic N) is 2. The Morgan fingerprint density at radius 3 is 2.28 bits per heavy atom. The van der Waals surface area contributed by atoms with Gasteiger partial charge in [-0.15, -0.1) is 0 Å². The molecule has 2 aromatic rings. The van der Waals surface area contributed by atoms with E-state index in [-0.39, 0.29) is 11.7 Å². The number of aromatic nitrogens is 2. The second-order valence-electron chi connectivity index (χ2n) is 4.51. The van der Waals surface area contributed by atoms with Crippen molar-refractivity contribution in [3.05, 3.63) is 46.6 Å². The van der Waals surface area contributed by atoms with Crippen molar-refractivity contribution in [3.63, 3.8) is 0 Å². The largest absolute Gasteiger partial charge is 0.232 e. The molecule has 0 fully saturated rings. The first-order chi connectivity index (χ1) is 8.49. The lowest BCUT2D eigenvalue weighted by atomic mass is 10.1. The van der Waals surface area contributed by atoms with Gasteiger partial charge >= 0.3 is 0 Å². The maximum Gasteiger partial charge on any atom is 0.136 e. The van der Waals surface area contributed by atoms with E-state index in [4.69, 9.17) is 11.6 Å². The lowest BCUT2D eigenvalue weighted by Crippen LogP contribution is -2.02. The molecule has 0 saturated carbocycles. The summed E-state index contributed by atoms with van der Waals surface area (Å²) in [7, 11) is 0. The van der Waals surface area contributed by atoms with Gasteiger partial charge in [-0.25, -0.2) is 14.4 Å². The first-order valence-electron chi connectivity index (χ1n) is 5.79. The highest BCUT2D eigenvalue weighted by Gasteiger charge is 2.13. The summed E-state index contributed by atoms with van der Waals surface area (Å²) in [6.45, 7) is 5.88. The second kappa shape index (κ2) is 5.02. The fourth-order valence-electron chi connectivity index (χ4n) is 1.65. The summed E-state index contributed by atoms with van der Waals surface area (Å²) in [5.41, 5.74) is 2.42. The van der Waals surface area contributed by atoms with E-state index in [0.29, 0.717) is 11.0 Å². The number of benzene rings is 1. The molecular weight excluding hydrogens is 251 g/mol. The van der Waals surface area contributed by atoms with Crippen LogP contribution in [-0.2, 0) is 0 Å². The highest BCUT2D eigenvalue weighted by molar-refractivity contribution is 6.30. The third-order valence-electron chi connectivity index (χ3n) is 2.74. The fourth-order valence-corrected chi connectivity index (χ4v) is 1.83. The van der Waals surface area contributed by atoms with E-state index in [1.54, 1.807) is 12.1 Å². The summed E-state index contributed by atoms with van der Waals surface area (Å²) in [5, 5.41) is 0.452. The zero-order valence-corrected chi connectivity index (χ0v) is 11.3. The monoisotopic (exact) mass is 264 g/mol. The third kappa shape index (κ3) is 2.51. The highest BCUT2D eigenvalue weighted by Crippen LogP contribution is 2.27. The smallest absolute Gasteiger partial charge is 0.136 e. The van der Waals surface area contributed by atoms with Crippen LogP contribution in [0.5, 0.6) is 0 Å². The van der Waals surface area contributed by atoms with Gasteiger partial charge in [-0.3, -0.25) is 0 Å². The van der Waals surface area contributed by atoms with E-state index in [9.17, 15) is 4.39 Å². The molecule has 0 bridgehead atoms. The minimum atomic E-state index is -0.263. The van der Waals surface area contributed by atoms with Gasteiger partial charge in [0.1, 0.15) is 16.8 Å². The van der Waals surface area contributed by atoms with Gasteiger partial charge in [0.05, 0.1) is 5.69 Å². The molecule has 1 aromatic carbocycles. The maximum atomic E-state index is 12.9. The van der Waals surface area contributed by atoms with Crippen molar-refractivity contribution in [1.29, 1.82) is 0 Å². The third-order valence-corrected chi connectivity index (χ3v) is 3.11. The molecule has 2 nitrogen and oxygen atoms in total. The van der Waals surface area contributed by atoms with Crippen molar-refractivity contribution in [2.24, 2.45) is 0 Å². The average molecular weight is 265 g/mol. The van der Waals surface area contributed by atoms with Crippen LogP contribution in [0.4, 0.5) is 4.39 Å². The molecule has 0 aliphatic heterocycles. The molecule has 18 heavy (non-hydrogen) atoms. The van der Waals surface area contributed by atoms with E-state index < -0.39 is 0 Å². The minimum absolute atomic E-state index is 0.197. The molecule has 0 saturated heterocycles. The molecule has 1 heterocycles. The van der Waals surface area contributed by atoms with E-state index >= 15 is 0 Å². The van der Waals surface area contributed by atoms with Crippen LogP contribution >= 0.6 is 11.6 Å². The average Bonchev–Trinajstić information content (AvgIpc) is 2.33. The zero-order chi connectivity index (χ0) is 13.3. The molecule has 4 heteroatoms. The molecule has 0 aliphatic rings. The van der Waals surface area contributed by atoms with Crippen LogP contribution < -0.4 is 0 Å². The van der Waals surface area contributed by atoms with Gasteiger partial charge in [-0.1, -0.05) is 25.4 Å². The van der Waals surface area contributed by atoms with Crippen LogP contribution in [0.25, 0.3) is 11.3 Å². The summed E-state index contributed by atoms with van der Waals surface area (Å²) in [4.78, 5) is 8.77. The SMILES string of the molecule is Cc1c(Cl)nc(C(C)C)nc1-c1ccc(F)cc1. The van der Waals surface area contributed by atoms with Crippen molar-refractivity contribution >= 4 is 11.6 Å². The summed E-state index contributed by atoms with van der Waals surface area (Å²) in [5.74, 6) is 0.632. The second-order valence-corrected chi connectivity index (χ2v) is 4.87. The van der Waals surface area contributed by atoms with Gasteiger partial charge in [0, 0.05) is 17.0 Å². The Kier molecular flexibility index (Phi) is 3.62. The molecule has 94 valence electrons. The number of hydrogen-bond acceptors (Lipinski definition) is 2. The maximum absolute atomic E-state index is 12.9. The van der Waals surface area contributed by atoms with Crippen molar-refractivity contribution in [1.82, 2.24) is 9.97 Å². The quantitative estimate of drug-likeness (QED) is 0.753. The Labute approximate surface area is 111 Å². The molecule has 1 aromatic heterocycles. The molecule has 0 spiro atoms. The molecule has 0 aliphatic carbocycles. The van der Waals surface area contributed by atoms with Crippen molar-refractivity contribution in [2.45, 2.75) is 26.7 Å². The first-order valence-corrected chi connectivity index (χ1v) is 6.17. The Morgan fingerprint density at radius 2 is 1.72 bits per heavy atom. The highest BCUT2D eigenvalue weighted by atomic mass is 35.5. The molecule has 0 N–H and O–H groups in total. The summed E-state index contributed by atoms with van der Waals surface area (Å²) in [6.07, 6.45) is 0.